The Hall–Kier alpha value is -2.46. The molecule has 24 heavy (non-hydrogen) atoms. The normalized spacial score (nSPS) is 10.1. The van der Waals surface area contributed by atoms with Gasteiger partial charge >= 0.3 is 11.4 Å². The van der Waals surface area contributed by atoms with Crippen LogP contribution < -0.4 is 9.47 Å². The summed E-state index contributed by atoms with van der Waals surface area (Å²) < 4.78 is 10.3. The lowest BCUT2D eigenvalue weighted by atomic mass is 10.2. The number of carbonyl (C=O) groups is 2. The SMILES string of the molecule is O=C(Cl)CCOc1cc([N+](=O)[O-])c([N+](=O)[O-])cc1OCCC(=O)Cl. The van der Waals surface area contributed by atoms with Crippen molar-refractivity contribution in [2.45, 2.75) is 12.8 Å². The van der Waals surface area contributed by atoms with Crippen molar-refractivity contribution < 1.29 is 28.9 Å². The second-order valence-electron chi connectivity index (χ2n) is 4.21. The van der Waals surface area contributed by atoms with E-state index >= 15 is 0 Å². The van der Waals surface area contributed by atoms with Crippen LogP contribution in [0.1, 0.15) is 12.8 Å². The summed E-state index contributed by atoms with van der Waals surface area (Å²) in [5, 5.41) is 20.5. The molecule has 0 N–H and O–H groups in total. The Morgan fingerprint density at radius 1 is 0.875 bits per heavy atom. The van der Waals surface area contributed by atoms with Gasteiger partial charge in [0.2, 0.25) is 10.5 Å². The first-order valence-corrected chi connectivity index (χ1v) is 7.07. The van der Waals surface area contributed by atoms with Crippen molar-refractivity contribution >= 4 is 45.1 Å². The van der Waals surface area contributed by atoms with Crippen LogP contribution in [-0.4, -0.2) is 33.5 Å². The minimum Gasteiger partial charge on any atom is -0.489 e. The van der Waals surface area contributed by atoms with Crippen LogP contribution in [-0.2, 0) is 9.59 Å². The number of rotatable bonds is 10. The van der Waals surface area contributed by atoms with Gasteiger partial charge in [0.1, 0.15) is 0 Å². The lowest BCUT2D eigenvalue weighted by molar-refractivity contribution is -0.422. The van der Waals surface area contributed by atoms with Crippen LogP contribution in [0.4, 0.5) is 11.4 Å². The summed E-state index contributed by atoms with van der Waals surface area (Å²) in [5.74, 6) is -0.403. The van der Waals surface area contributed by atoms with Crippen LogP contribution in [0.5, 0.6) is 11.5 Å². The number of carbonyl (C=O) groups excluding carboxylic acids is 2. The van der Waals surface area contributed by atoms with Crippen molar-refractivity contribution in [3.63, 3.8) is 0 Å². The van der Waals surface area contributed by atoms with Crippen LogP contribution in [0.25, 0.3) is 0 Å². The van der Waals surface area contributed by atoms with E-state index in [1.54, 1.807) is 0 Å². The first kappa shape index (κ1) is 19.6. The fraction of sp³-hybridized carbons (Fsp3) is 0.333. The van der Waals surface area contributed by atoms with E-state index in [1.807, 2.05) is 0 Å². The maximum atomic E-state index is 10.9. The fourth-order valence-corrected chi connectivity index (χ4v) is 1.69. The van der Waals surface area contributed by atoms with Gasteiger partial charge in [0.05, 0.1) is 48.0 Å². The Bertz CT molecular complexity index is 622. The molecule has 0 aliphatic rings. The van der Waals surface area contributed by atoms with Gasteiger partial charge in [0, 0.05) is 0 Å². The Labute approximate surface area is 144 Å². The zero-order valence-electron chi connectivity index (χ0n) is 11.9. The van der Waals surface area contributed by atoms with Gasteiger partial charge in [0.15, 0.2) is 11.5 Å². The molecule has 0 amide bonds. The third-order valence-electron chi connectivity index (χ3n) is 2.55. The van der Waals surface area contributed by atoms with Gasteiger partial charge in [-0.15, -0.1) is 0 Å². The topological polar surface area (TPSA) is 139 Å². The van der Waals surface area contributed by atoms with E-state index in [4.69, 9.17) is 32.7 Å². The summed E-state index contributed by atoms with van der Waals surface area (Å²) in [6, 6.07) is 1.60. The van der Waals surface area contributed by atoms with E-state index in [0.717, 1.165) is 12.1 Å². The minimum atomic E-state index is -0.955. The first-order valence-electron chi connectivity index (χ1n) is 6.31. The highest BCUT2D eigenvalue weighted by molar-refractivity contribution is 6.63. The van der Waals surface area contributed by atoms with Crippen molar-refractivity contribution in [2.24, 2.45) is 0 Å². The maximum absolute atomic E-state index is 10.9. The molecule has 0 fully saturated rings. The molecule has 1 aromatic rings. The van der Waals surface area contributed by atoms with Crippen LogP contribution in [0, 0.1) is 20.2 Å². The third kappa shape index (κ3) is 5.97. The number of halogens is 2. The number of nitro benzene ring substituents is 2. The van der Waals surface area contributed by atoms with Crippen LogP contribution in [0.2, 0.25) is 0 Å². The van der Waals surface area contributed by atoms with E-state index in [-0.39, 0.29) is 37.6 Å². The van der Waals surface area contributed by atoms with E-state index in [0.29, 0.717) is 0 Å². The molecule has 10 nitrogen and oxygen atoms in total. The molecule has 1 rings (SSSR count). The number of nitro groups is 2. The minimum absolute atomic E-state index is 0.189. The molecule has 0 heterocycles. The van der Waals surface area contributed by atoms with E-state index in [2.05, 4.69) is 0 Å². The Balaban J connectivity index is 3.15. The molecule has 0 bridgehead atoms. The lowest BCUT2D eigenvalue weighted by Gasteiger charge is -2.11. The van der Waals surface area contributed by atoms with Gasteiger partial charge in [-0.1, -0.05) is 0 Å². The average Bonchev–Trinajstić information content (AvgIpc) is 2.46. The molecular weight excluding hydrogens is 371 g/mol. The zero-order valence-corrected chi connectivity index (χ0v) is 13.4. The summed E-state index contributed by atoms with van der Waals surface area (Å²) in [7, 11) is 0. The van der Waals surface area contributed by atoms with E-state index in [1.165, 1.54) is 0 Å². The van der Waals surface area contributed by atoms with Gasteiger partial charge < -0.3 is 9.47 Å². The van der Waals surface area contributed by atoms with Gasteiger partial charge in [-0.25, -0.2) is 0 Å². The monoisotopic (exact) mass is 380 g/mol. The molecule has 0 radical (unpaired) electrons. The van der Waals surface area contributed by atoms with E-state index in [9.17, 15) is 29.8 Å². The molecular formula is C12H10Cl2N2O8. The Morgan fingerprint density at radius 3 is 1.46 bits per heavy atom. The van der Waals surface area contributed by atoms with Crippen LogP contribution in [0.15, 0.2) is 12.1 Å². The summed E-state index contributed by atoms with van der Waals surface area (Å²) in [5.41, 5.74) is -1.62. The molecule has 0 saturated heterocycles. The summed E-state index contributed by atoms with van der Waals surface area (Å²) in [4.78, 5) is 41.4. The zero-order chi connectivity index (χ0) is 18.3. The number of hydrogen-bond acceptors (Lipinski definition) is 8. The van der Waals surface area contributed by atoms with Crippen LogP contribution >= 0.6 is 23.2 Å². The Kier molecular flexibility index (Phi) is 7.33. The summed E-state index contributed by atoms with van der Waals surface area (Å²) >= 11 is 10.3. The first-order chi connectivity index (χ1) is 11.2. The van der Waals surface area contributed by atoms with Crippen molar-refractivity contribution in [3.8, 4) is 11.5 Å². The van der Waals surface area contributed by atoms with Crippen molar-refractivity contribution in [1.29, 1.82) is 0 Å². The smallest absolute Gasteiger partial charge is 0.350 e. The summed E-state index contributed by atoms with van der Waals surface area (Å²) in [6.45, 7) is -0.440. The number of benzene rings is 1. The highest BCUT2D eigenvalue weighted by atomic mass is 35.5. The number of hydrogen-bond donors (Lipinski definition) is 0. The lowest BCUT2D eigenvalue weighted by Crippen LogP contribution is -2.07. The number of nitrogens with zero attached hydrogens (tertiary/aromatic N) is 2. The third-order valence-corrected chi connectivity index (χ3v) is 2.92. The fourth-order valence-electron chi connectivity index (χ4n) is 1.54. The van der Waals surface area contributed by atoms with E-state index < -0.39 is 31.7 Å². The molecule has 0 aromatic heterocycles. The molecule has 0 atom stereocenters. The highest BCUT2D eigenvalue weighted by Crippen LogP contribution is 2.39. The second kappa shape index (κ2) is 8.99. The Morgan fingerprint density at radius 2 is 1.21 bits per heavy atom. The van der Waals surface area contributed by atoms with Crippen molar-refractivity contribution in [1.82, 2.24) is 0 Å². The van der Waals surface area contributed by atoms with Crippen LogP contribution in [0.3, 0.4) is 0 Å². The van der Waals surface area contributed by atoms with Gasteiger partial charge in [0.25, 0.3) is 0 Å². The molecule has 12 heteroatoms. The molecule has 130 valence electrons. The predicted molar refractivity (Wildman–Crippen MR) is 81.7 cm³/mol. The van der Waals surface area contributed by atoms with Crippen molar-refractivity contribution in [3.05, 3.63) is 32.4 Å². The number of ether oxygens (including phenoxy) is 2. The second-order valence-corrected chi connectivity index (χ2v) is 5.05. The molecule has 0 aliphatic carbocycles. The molecule has 0 spiro atoms. The molecule has 0 unspecified atom stereocenters. The van der Waals surface area contributed by atoms with Gasteiger partial charge in [-0.3, -0.25) is 29.8 Å². The predicted octanol–water partition coefficient (Wildman–Crippen LogP) is 2.57. The maximum Gasteiger partial charge on any atom is 0.350 e. The summed E-state index contributed by atoms with van der Waals surface area (Å²) in [6.07, 6.45) is -0.377. The molecule has 1 aromatic carbocycles. The quantitative estimate of drug-likeness (QED) is 0.342. The highest BCUT2D eigenvalue weighted by Gasteiger charge is 2.28. The average molecular weight is 381 g/mol. The molecule has 0 aliphatic heterocycles. The van der Waals surface area contributed by atoms with Crippen molar-refractivity contribution in [2.75, 3.05) is 13.2 Å². The van der Waals surface area contributed by atoms with Gasteiger partial charge in [-0.05, 0) is 23.2 Å². The van der Waals surface area contributed by atoms with Gasteiger partial charge in [-0.2, -0.15) is 0 Å². The largest absolute Gasteiger partial charge is 0.489 e. The standard InChI is InChI=1S/C12H10Cl2N2O8/c13-11(17)1-3-23-9-5-7(15(19)20)8(16(21)22)6-10(9)24-4-2-12(14)18/h5-6H,1-4H2. The molecule has 0 saturated carbocycles.